The van der Waals surface area contributed by atoms with Crippen molar-refractivity contribution in [2.45, 2.75) is 0 Å². The van der Waals surface area contributed by atoms with Gasteiger partial charge in [-0.1, -0.05) is 340 Å². The first-order valence-electron chi connectivity index (χ1n) is 39.7. The number of hydrogen-bond acceptors (Lipinski definition) is 6. The number of hydrogen-bond donors (Lipinski definition) is 0. The van der Waals surface area contributed by atoms with Gasteiger partial charge in [0.25, 0.3) is 0 Å². The molecule has 6 heteroatoms. The summed E-state index contributed by atoms with van der Waals surface area (Å²) in [4.78, 5) is 15.1. The molecule has 0 aliphatic rings. The summed E-state index contributed by atoms with van der Waals surface area (Å²) in [6.45, 7) is 0. The molecule has 0 saturated carbocycles. The number of fused-ring (bicyclic) bond motifs is 15. The van der Waals surface area contributed by atoms with Crippen molar-refractivity contribution in [1.82, 2.24) is 15.0 Å². The van der Waals surface area contributed by atoms with E-state index in [2.05, 4.69) is 358 Å². The lowest BCUT2D eigenvalue weighted by Gasteiger charge is -2.17. The number of pyridine rings is 3. The van der Waals surface area contributed by atoms with E-state index < -0.39 is 0 Å². The molecule has 117 heavy (non-hydrogen) atoms. The molecular formula is C111H69N3O3. The van der Waals surface area contributed by atoms with E-state index in [4.69, 9.17) is 28.2 Å². The largest absolute Gasteiger partial charge is 0.456 e. The van der Waals surface area contributed by atoms with Crippen LogP contribution in [0.4, 0.5) is 0 Å². The Hall–Kier alpha value is -15.6. The zero-order valence-corrected chi connectivity index (χ0v) is 63.4. The van der Waals surface area contributed by atoms with Gasteiger partial charge in [-0.15, -0.1) is 0 Å². The molecule has 0 aliphatic heterocycles. The van der Waals surface area contributed by atoms with Crippen molar-refractivity contribution in [3.05, 3.63) is 419 Å². The fourth-order valence-corrected chi connectivity index (χ4v) is 17.9. The Morgan fingerprint density at radius 2 is 0.419 bits per heavy atom. The van der Waals surface area contributed by atoms with Crippen LogP contribution < -0.4 is 0 Å². The van der Waals surface area contributed by atoms with Crippen LogP contribution in [0.3, 0.4) is 0 Å². The molecule has 546 valence electrons. The van der Waals surface area contributed by atoms with Gasteiger partial charge in [0.15, 0.2) is 0 Å². The van der Waals surface area contributed by atoms with Crippen LogP contribution in [0.15, 0.2) is 432 Å². The molecule has 24 rings (SSSR count). The smallest absolute Gasteiger partial charge is 0.143 e. The Balaban J connectivity index is 0.000000106. The van der Waals surface area contributed by atoms with E-state index in [-0.39, 0.29) is 0 Å². The molecular weight excluding hydrogens is 1420 g/mol. The van der Waals surface area contributed by atoms with Crippen LogP contribution in [-0.2, 0) is 0 Å². The summed E-state index contributed by atoms with van der Waals surface area (Å²) in [5.41, 5.74) is 25.8. The van der Waals surface area contributed by atoms with E-state index in [1.807, 2.05) is 61.1 Å². The highest BCUT2D eigenvalue weighted by Crippen LogP contribution is 2.48. The summed E-state index contributed by atoms with van der Waals surface area (Å²) < 4.78 is 18.5. The highest BCUT2D eigenvalue weighted by molar-refractivity contribution is 6.24. The van der Waals surface area contributed by atoms with Gasteiger partial charge in [0.05, 0.1) is 17.1 Å². The topological polar surface area (TPSA) is 78.1 Å². The van der Waals surface area contributed by atoms with E-state index in [0.29, 0.717) is 0 Å². The number of benzene rings is 18. The Bertz CT molecular complexity index is 7780. The Morgan fingerprint density at radius 3 is 0.803 bits per heavy atom. The van der Waals surface area contributed by atoms with Crippen molar-refractivity contribution < 1.29 is 13.3 Å². The van der Waals surface area contributed by atoms with Crippen LogP contribution in [0.1, 0.15) is 0 Å². The summed E-state index contributed by atoms with van der Waals surface area (Å²) in [7, 11) is 0. The predicted molar refractivity (Wildman–Crippen MR) is 489 cm³/mol. The third-order valence-electron chi connectivity index (χ3n) is 23.2. The average molecular weight is 1490 g/mol. The van der Waals surface area contributed by atoms with Gasteiger partial charge in [0.2, 0.25) is 0 Å². The standard InChI is InChI=1S/3C37H23NO/c1-2-11-24(12-3-1)35-28-14-4-6-16-30(28)36(31-17-7-5-15-29(31)35)33-22-21-25(23-38-33)26-18-10-19-32-27-13-8-9-20-34(27)39-37(26)32;1-2-10-24(11-3-1)36-28-13-4-6-15-30(28)37(31-16-7-5-14-29(31)36)33-20-18-26(23-38-33)25-19-21-35-32(22-25)27-12-8-9-17-34(27)39-35;1-2-10-24(11-3-1)36-29-13-4-6-15-31(29)37(32-16-7-5-14-30(32)36)33-21-19-26(23-38-33)25-18-20-28-27-12-8-9-17-34(27)39-35(28)22-25/h3*1-23H. The first-order valence-corrected chi connectivity index (χ1v) is 39.7. The quantitative estimate of drug-likeness (QED) is 0.134. The maximum atomic E-state index is 6.30. The molecule has 0 fully saturated rings. The van der Waals surface area contributed by atoms with Crippen LogP contribution in [-0.4, -0.2) is 15.0 Å². The summed E-state index contributed by atoms with van der Waals surface area (Å²) in [5.74, 6) is 0. The second-order valence-electron chi connectivity index (χ2n) is 29.8. The summed E-state index contributed by atoms with van der Waals surface area (Å²) in [5, 5.41) is 21.4. The summed E-state index contributed by atoms with van der Waals surface area (Å²) in [6.07, 6.45) is 5.95. The van der Waals surface area contributed by atoms with Gasteiger partial charge in [-0.05, 0) is 170 Å². The maximum absolute atomic E-state index is 6.30. The highest BCUT2D eigenvalue weighted by atomic mass is 16.3. The van der Waals surface area contributed by atoms with Crippen molar-refractivity contribution in [3.63, 3.8) is 0 Å². The average Bonchev–Trinajstić information content (AvgIpc) is 1.67. The normalized spacial score (nSPS) is 11.6. The molecule has 0 atom stereocenters. The number of furan rings is 3. The number of para-hydroxylation sites is 4. The van der Waals surface area contributed by atoms with Gasteiger partial charge >= 0.3 is 0 Å². The van der Waals surface area contributed by atoms with Gasteiger partial charge in [-0.2, -0.15) is 0 Å². The monoisotopic (exact) mass is 1490 g/mol. The second-order valence-corrected chi connectivity index (χ2v) is 29.8. The van der Waals surface area contributed by atoms with Crippen LogP contribution >= 0.6 is 0 Å². The lowest BCUT2D eigenvalue weighted by Crippen LogP contribution is -1.92. The van der Waals surface area contributed by atoms with Crippen molar-refractivity contribution in [3.8, 4) is 101 Å². The molecule has 24 aromatic rings. The number of nitrogens with zero attached hydrogens (tertiary/aromatic N) is 3. The van der Waals surface area contributed by atoms with Gasteiger partial charge in [0, 0.05) is 89.9 Å². The molecule has 6 nitrogen and oxygen atoms in total. The van der Waals surface area contributed by atoms with E-state index in [0.717, 1.165) is 122 Å². The van der Waals surface area contributed by atoms with Gasteiger partial charge in [0.1, 0.15) is 33.5 Å². The minimum absolute atomic E-state index is 0.895. The SMILES string of the molecule is c1ccc(-c2c3ccccc3c(-c3ccc(-c4ccc5c(c4)oc4ccccc45)cn3)c3ccccc23)cc1.c1ccc(-c2c3ccccc3c(-c3ccc(-c4ccc5oc6ccccc6c5c4)cn3)c3ccccc23)cc1.c1ccc(-c2c3ccccc3c(-c3ccc(-c4cccc5c4oc4ccccc45)cn3)c3ccccc23)cc1. The van der Waals surface area contributed by atoms with E-state index in [1.165, 1.54) is 109 Å². The van der Waals surface area contributed by atoms with Crippen LogP contribution in [0, 0.1) is 0 Å². The summed E-state index contributed by atoms with van der Waals surface area (Å²) >= 11 is 0. The second kappa shape index (κ2) is 28.8. The zero-order chi connectivity index (χ0) is 77.3. The molecule has 0 unspecified atom stereocenters. The minimum atomic E-state index is 0.895. The van der Waals surface area contributed by atoms with Crippen LogP contribution in [0.5, 0.6) is 0 Å². The number of rotatable bonds is 9. The molecule has 18 aromatic carbocycles. The lowest BCUT2D eigenvalue weighted by molar-refractivity contribution is 0.668. The fraction of sp³-hybridized carbons (Fsp3) is 0. The molecule has 0 N–H and O–H groups in total. The lowest BCUT2D eigenvalue weighted by atomic mass is 9.87. The first kappa shape index (κ1) is 68.2. The molecule has 0 radical (unpaired) electrons. The van der Waals surface area contributed by atoms with Gasteiger partial charge in [-0.25, -0.2) is 0 Å². The molecule has 0 spiro atoms. The fourth-order valence-electron chi connectivity index (χ4n) is 17.9. The highest BCUT2D eigenvalue weighted by Gasteiger charge is 2.23. The zero-order valence-electron chi connectivity index (χ0n) is 63.4. The van der Waals surface area contributed by atoms with Crippen LogP contribution in [0.25, 0.3) is 231 Å². The minimum Gasteiger partial charge on any atom is -0.456 e. The van der Waals surface area contributed by atoms with Crippen molar-refractivity contribution in [1.29, 1.82) is 0 Å². The summed E-state index contributed by atoms with van der Waals surface area (Å²) in [6, 6.07) is 141. The maximum Gasteiger partial charge on any atom is 0.143 e. The predicted octanol–water partition coefficient (Wildman–Crippen LogP) is 30.9. The first-order chi connectivity index (χ1) is 58.1. The molecule has 6 heterocycles. The van der Waals surface area contributed by atoms with E-state index in [1.54, 1.807) is 0 Å². The van der Waals surface area contributed by atoms with E-state index in [9.17, 15) is 0 Å². The van der Waals surface area contributed by atoms with Gasteiger partial charge < -0.3 is 13.3 Å². The third kappa shape index (κ3) is 11.9. The molecule has 0 amide bonds. The van der Waals surface area contributed by atoms with Crippen molar-refractivity contribution >= 4 is 130 Å². The Morgan fingerprint density at radius 1 is 0.145 bits per heavy atom. The Labute approximate surface area is 673 Å². The van der Waals surface area contributed by atoms with Crippen LogP contribution in [0.2, 0.25) is 0 Å². The third-order valence-corrected chi connectivity index (χ3v) is 23.2. The van der Waals surface area contributed by atoms with Crippen molar-refractivity contribution in [2.75, 3.05) is 0 Å². The van der Waals surface area contributed by atoms with Gasteiger partial charge in [-0.3, -0.25) is 15.0 Å². The molecule has 6 aromatic heterocycles. The molecule has 0 bridgehead atoms. The molecule has 0 aliphatic carbocycles. The number of aromatic nitrogens is 3. The molecule has 0 saturated heterocycles. The van der Waals surface area contributed by atoms with E-state index >= 15 is 0 Å². The van der Waals surface area contributed by atoms with Crippen molar-refractivity contribution in [2.24, 2.45) is 0 Å². The Kier molecular flexibility index (Phi) is 16.8.